The molecule has 7 nitrogen and oxygen atoms in total. The number of carbonyl (C=O) groups is 1. The van der Waals surface area contributed by atoms with Crippen LogP contribution in [0.4, 0.5) is 0 Å². The summed E-state index contributed by atoms with van der Waals surface area (Å²) < 4.78 is 0. The molecule has 0 saturated heterocycles. The van der Waals surface area contributed by atoms with Crippen molar-refractivity contribution in [2.24, 2.45) is 11.5 Å². The number of H-pyrrole nitrogens is 1. The van der Waals surface area contributed by atoms with E-state index in [4.69, 9.17) is 22.3 Å². The molecule has 1 unspecified atom stereocenters. The van der Waals surface area contributed by atoms with Gasteiger partial charge in [-0.05, 0) is 24.1 Å². The fourth-order valence-electron chi connectivity index (χ4n) is 3.00. The third kappa shape index (κ3) is 2.90. The van der Waals surface area contributed by atoms with Crippen LogP contribution in [0.1, 0.15) is 29.5 Å². The summed E-state index contributed by atoms with van der Waals surface area (Å²) in [5.74, 6) is -1.74. The lowest BCUT2D eigenvalue weighted by Gasteiger charge is -2.10. The van der Waals surface area contributed by atoms with Gasteiger partial charge >= 0.3 is 5.97 Å². The van der Waals surface area contributed by atoms with Crippen LogP contribution in [0, 0.1) is 10.8 Å². The predicted octanol–water partition coefficient (Wildman–Crippen LogP) is 2.59. The highest BCUT2D eigenvalue weighted by Crippen LogP contribution is 2.36. The van der Waals surface area contributed by atoms with Crippen molar-refractivity contribution in [3.8, 4) is 11.3 Å². The summed E-state index contributed by atoms with van der Waals surface area (Å²) >= 11 is 0. The summed E-state index contributed by atoms with van der Waals surface area (Å²) in [6.07, 6.45) is 0. The molecule has 0 radical (unpaired) electrons. The van der Waals surface area contributed by atoms with Crippen LogP contribution in [0.5, 0.6) is 0 Å². The number of nitrogen functional groups attached to an aromatic ring is 2. The zero-order valence-corrected chi connectivity index (χ0v) is 14.1. The summed E-state index contributed by atoms with van der Waals surface area (Å²) in [4.78, 5) is 14.9. The average Bonchev–Trinajstić information content (AvgIpc) is 2.99. The van der Waals surface area contributed by atoms with Crippen molar-refractivity contribution in [2.45, 2.75) is 12.8 Å². The lowest BCUT2D eigenvalue weighted by atomic mass is 9.94. The fourth-order valence-corrected chi connectivity index (χ4v) is 3.00. The Balaban J connectivity index is 2.25. The van der Waals surface area contributed by atoms with Crippen molar-refractivity contribution in [2.75, 3.05) is 0 Å². The Morgan fingerprint density at radius 1 is 1.04 bits per heavy atom. The number of hydrogen-bond donors (Lipinski definition) is 6. The molecule has 0 bridgehead atoms. The number of hydrogen-bond acceptors (Lipinski definition) is 3. The molecule has 26 heavy (non-hydrogen) atoms. The van der Waals surface area contributed by atoms with Crippen LogP contribution in [0.3, 0.4) is 0 Å². The Kier molecular flexibility index (Phi) is 4.21. The largest absolute Gasteiger partial charge is 0.481 e. The third-order valence-corrected chi connectivity index (χ3v) is 4.44. The van der Waals surface area contributed by atoms with Crippen molar-refractivity contribution in [3.63, 3.8) is 0 Å². The number of benzene rings is 2. The van der Waals surface area contributed by atoms with E-state index in [1.165, 1.54) is 0 Å². The topological polar surface area (TPSA) is 153 Å². The van der Waals surface area contributed by atoms with Crippen molar-refractivity contribution in [1.29, 1.82) is 10.8 Å². The Morgan fingerprint density at radius 2 is 1.62 bits per heavy atom. The first-order chi connectivity index (χ1) is 12.3. The molecule has 3 aromatic rings. The second-order valence-electron chi connectivity index (χ2n) is 6.14. The monoisotopic (exact) mass is 349 g/mol. The van der Waals surface area contributed by atoms with Crippen LogP contribution in [-0.4, -0.2) is 27.7 Å². The molecule has 1 atom stereocenters. The van der Waals surface area contributed by atoms with Crippen LogP contribution in [-0.2, 0) is 4.79 Å². The number of aliphatic carboxylic acids is 1. The molecule has 0 fully saturated rings. The maximum atomic E-state index is 11.6. The van der Waals surface area contributed by atoms with E-state index in [-0.39, 0.29) is 11.7 Å². The van der Waals surface area contributed by atoms with Gasteiger partial charge in [0.1, 0.15) is 11.7 Å². The molecule has 0 aliphatic rings. The van der Waals surface area contributed by atoms with Gasteiger partial charge in [-0.2, -0.15) is 0 Å². The van der Waals surface area contributed by atoms with Crippen molar-refractivity contribution in [1.82, 2.24) is 4.98 Å². The molecule has 0 saturated carbocycles. The van der Waals surface area contributed by atoms with E-state index in [0.717, 1.165) is 10.9 Å². The number of rotatable bonds is 5. The molecule has 1 aromatic heterocycles. The Morgan fingerprint density at radius 3 is 2.15 bits per heavy atom. The summed E-state index contributed by atoms with van der Waals surface area (Å²) in [6.45, 7) is 1.64. The van der Waals surface area contributed by atoms with Gasteiger partial charge in [0.15, 0.2) is 0 Å². The molecular weight excluding hydrogens is 330 g/mol. The van der Waals surface area contributed by atoms with Crippen LogP contribution in [0.25, 0.3) is 22.2 Å². The van der Waals surface area contributed by atoms with Gasteiger partial charge in [0.05, 0.1) is 11.6 Å². The minimum atomic E-state index is -0.928. The van der Waals surface area contributed by atoms with Gasteiger partial charge in [-0.25, -0.2) is 0 Å². The first-order valence-corrected chi connectivity index (χ1v) is 7.97. The highest BCUT2D eigenvalue weighted by Gasteiger charge is 2.23. The lowest BCUT2D eigenvalue weighted by Crippen LogP contribution is -2.11. The van der Waals surface area contributed by atoms with Gasteiger partial charge in [-0.3, -0.25) is 15.6 Å². The molecule has 2 aromatic carbocycles. The highest BCUT2D eigenvalue weighted by atomic mass is 16.4. The second kappa shape index (κ2) is 6.36. The zero-order valence-electron chi connectivity index (χ0n) is 14.1. The molecule has 0 aliphatic carbocycles. The molecule has 0 spiro atoms. The predicted molar refractivity (Wildman–Crippen MR) is 102 cm³/mol. The van der Waals surface area contributed by atoms with Crippen LogP contribution in [0.15, 0.2) is 42.5 Å². The molecule has 132 valence electrons. The summed E-state index contributed by atoms with van der Waals surface area (Å²) in [7, 11) is 0. The van der Waals surface area contributed by atoms with Gasteiger partial charge in [0.2, 0.25) is 0 Å². The van der Waals surface area contributed by atoms with Gasteiger partial charge in [-0.15, -0.1) is 0 Å². The first kappa shape index (κ1) is 17.2. The van der Waals surface area contributed by atoms with Crippen molar-refractivity contribution < 1.29 is 9.90 Å². The minimum Gasteiger partial charge on any atom is -0.481 e. The van der Waals surface area contributed by atoms with Crippen molar-refractivity contribution in [3.05, 3.63) is 59.2 Å². The van der Waals surface area contributed by atoms with E-state index in [2.05, 4.69) is 4.98 Å². The standard InChI is InChI=1S/C19H19N5O2/c1-9(19(25)26)15-13-7-6-12(18(22)23)8-14(13)24-16(15)10-2-4-11(5-3-10)17(20)21/h2-9,24H,1H3,(H3,20,21)(H3,22,23)(H,25,26). The summed E-state index contributed by atoms with van der Waals surface area (Å²) in [5, 5.41) is 25.4. The fraction of sp³-hybridized carbons (Fsp3) is 0.105. The SMILES string of the molecule is CC(C(=O)O)c1c(-c2ccc(C(=N)N)cc2)[nH]c2cc(C(=N)N)ccc12. The Hall–Kier alpha value is -3.61. The van der Waals surface area contributed by atoms with Crippen molar-refractivity contribution >= 4 is 28.5 Å². The minimum absolute atomic E-state index is 0.0292. The number of fused-ring (bicyclic) bond motifs is 1. The maximum Gasteiger partial charge on any atom is 0.310 e. The quantitative estimate of drug-likeness (QED) is 0.309. The van der Waals surface area contributed by atoms with E-state index in [0.29, 0.717) is 27.9 Å². The maximum absolute atomic E-state index is 11.6. The average molecular weight is 349 g/mol. The van der Waals surface area contributed by atoms with E-state index < -0.39 is 11.9 Å². The molecule has 1 heterocycles. The number of nitrogens with two attached hydrogens (primary N) is 2. The number of carboxylic acids is 1. The van der Waals surface area contributed by atoms with Gasteiger partial charge in [0, 0.05) is 22.0 Å². The molecule has 0 aliphatic heterocycles. The number of carboxylic acid groups (broad SMARTS) is 1. The summed E-state index contributed by atoms with van der Waals surface area (Å²) in [6, 6.07) is 12.3. The first-order valence-electron chi connectivity index (χ1n) is 7.97. The van der Waals surface area contributed by atoms with Crippen LogP contribution >= 0.6 is 0 Å². The van der Waals surface area contributed by atoms with E-state index in [1.54, 1.807) is 49.4 Å². The summed E-state index contributed by atoms with van der Waals surface area (Å²) in [5.41, 5.74) is 15.1. The van der Waals surface area contributed by atoms with Gasteiger partial charge < -0.3 is 21.6 Å². The molecule has 7 heteroatoms. The molecule has 3 rings (SSSR count). The lowest BCUT2D eigenvalue weighted by molar-refractivity contribution is -0.138. The third-order valence-electron chi connectivity index (χ3n) is 4.44. The van der Waals surface area contributed by atoms with E-state index >= 15 is 0 Å². The molecular formula is C19H19N5O2. The Labute approximate surface area is 149 Å². The van der Waals surface area contributed by atoms with Crippen LogP contribution in [0.2, 0.25) is 0 Å². The van der Waals surface area contributed by atoms with Gasteiger partial charge in [0.25, 0.3) is 0 Å². The van der Waals surface area contributed by atoms with E-state index in [9.17, 15) is 9.90 Å². The zero-order chi connectivity index (χ0) is 19.0. The Bertz CT molecular complexity index is 1030. The van der Waals surface area contributed by atoms with Crippen LogP contribution < -0.4 is 11.5 Å². The van der Waals surface area contributed by atoms with Gasteiger partial charge in [-0.1, -0.05) is 36.4 Å². The second-order valence-corrected chi connectivity index (χ2v) is 6.14. The van der Waals surface area contributed by atoms with E-state index in [1.807, 2.05) is 0 Å². The number of aromatic amines is 1. The number of amidine groups is 2. The normalized spacial score (nSPS) is 12.0. The number of nitrogens with one attached hydrogen (secondary N) is 3. The number of aromatic nitrogens is 1. The highest BCUT2D eigenvalue weighted by molar-refractivity contribution is 6.02. The smallest absolute Gasteiger partial charge is 0.310 e. The molecule has 0 amide bonds. The molecule has 8 N–H and O–H groups in total.